The molecule has 0 bridgehead atoms. The van der Waals surface area contributed by atoms with Crippen molar-refractivity contribution in [3.63, 3.8) is 0 Å². The van der Waals surface area contributed by atoms with Gasteiger partial charge in [0.1, 0.15) is 16.8 Å². The quantitative estimate of drug-likeness (QED) is 0.837. The van der Waals surface area contributed by atoms with E-state index in [1.54, 1.807) is 34.9 Å². The minimum atomic E-state index is -0.616. The summed E-state index contributed by atoms with van der Waals surface area (Å²) >= 11 is 4.98. The van der Waals surface area contributed by atoms with E-state index in [9.17, 15) is 5.11 Å². The molecule has 1 unspecified atom stereocenters. The standard InChI is InChI=1S/C11H14N4OS3/c1-17-10-15-9-7(19-10)8(13-6-14-9)12-4-11(16)2-3-18-5-11/h6,16H,2-5H2,1H3,(H,12,13,14). The predicted molar refractivity (Wildman–Crippen MR) is 82.4 cm³/mol. The Morgan fingerprint density at radius 1 is 1.53 bits per heavy atom. The molecule has 1 aliphatic rings. The molecule has 5 nitrogen and oxygen atoms in total. The zero-order valence-electron chi connectivity index (χ0n) is 10.4. The van der Waals surface area contributed by atoms with E-state index in [4.69, 9.17) is 0 Å². The number of nitrogens with zero attached hydrogens (tertiary/aromatic N) is 3. The zero-order valence-corrected chi connectivity index (χ0v) is 12.9. The van der Waals surface area contributed by atoms with Crippen LogP contribution in [0.25, 0.3) is 10.3 Å². The second-order valence-electron chi connectivity index (χ2n) is 4.44. The van der Waals surface area contributed by atoms with Gasteiger partial charge in [-0.05, 0) is 18.4 Å². The van der Waals surface area contributed by atoms with Gasteiger partial charge in [0.2, 0.25) is 0 Å². The van der Waals surface area contributed by atoms with Crippen molar-refractivity contribution in [2.45, 2.75) is 16.4 Å². The van der Waals surface area contributed by atoms with Crippen molar-refractivity contribution in [1.82, 2.24) is 15.0 Å². The molecule has 102 valence electrons. The Balaban J connectivity index is 1.82. The number of hydrogen-bond donors (Lipinski definition) is 2. The van der Waals surface area contributed by atoms with Crippen molar-refractivity contribution in [3.05, 3.63) is 6.33 Å². The minimum Gasteiger partial charge on any atom is -0.387 e. The fourth-order valence-corrected chi connectivity index (χ4v) is 4.71. The summed E-state index contributed by atoms with van der Waals surface area (Å²) in [7, 11) is 0. The molecule has 0 saturated carbocycles. The Hall–Kier alpha value is -0.570. The first-order chi connectivity index (χ1) is 9.20. The molecule has 19 heavy (non-hydrogen) atoms. The third kappa shape index (κ3) is 2.81. The van der Waals surface area contributed by atoms with Crippen LogP contribution in [0.1, 0.15) is 6.42 Å². The molecular formula is C11H14N4OS3. The molecule has 0 amide bonds. The summed E-state index contributed by atoms with van der Waals surface area (Å²) in [5.41, 5.74) is 0.106. The number of thiazole rings is 1. The molecule has 1 fully saturated rings. The molecule has 0 radical (unpaired) electrons. The van der Waals surface area contributed by atoms with Gasteiger partial charge < -0.3 is 10.4 Å². The first-order valence-electron chi connectivity index (χ1n) is 5.90. The van der Waals surface area contributed by atoms with Crippen molar-refractivity contribution in [2.75, 3.05) is 29.6 Å². The monoisotopic (exact) mass is 314 g/mol. The summed E-state index contributed by atoms with van der Waals surface area (Å²) in [5.74, 6) is 2.58. The molecule has 2 N–H and O–H groups in total. The van der Waals surface area contributed by atoms with Crippen LogP contribution < -0.4 is 5.32 Å². The van der Waals surface area contributed by atoms with Crippen LogP contribution in [0.15, 0.2) is 10.7 Å². The van der Waals surface area contributed by atoms with Crippen LogP contribution in [0, 0.1) is 0 Å². The topological polar surface area (TPSA) is 70.9 Å². The largest absolute Gasteiger partial charge is 0.387 e. The van der Waals surface area contributed by atoms with E-state index in [0.29, 0.717) is 6.54 Å². The Morgan fingerprint density at radius 2 is 2.42 bits per heavy atom. The molecule has 0 aromatic carbocycles. The molecule has 1 atom stereocenters. The van der Waals surface area contributed by atoms with Gasteiger partial charge in [0.05, 0.1) is 5.60 Å². The highest BCUT2D eigenvalue weighted by Gasteiger charge is 2.31. The molecule has 1 aliphatic heterocycles. The summed E-state index contributed by atoms with van der Waals surface area (Å²) < 4.78 is 1.94. The fourth-order valence-electron chi connectivity index (χ4n) is 1.93. The van der Waals surface area contributed by atoms with Crippen molar-refractivity contribution in [3.8, 4) is 0 Å². The van der Waals surface area contributed by atoms with Crippen molar-refractivity contribution in [1.29, 1.82) is 0 Å². The predicted octanol–water partition coefficient (Wildman–Crippen LogP) is 2.09. The summed E-state index contributed by atoms with van der Waals surface area (Å²) in [5, 5.41) is 13.6. The van der Waals surface area contributed by atoms with E-state index < -0.39 is 5.60 Å². The molecule has 3 heterocycles. The van der Waals surface area contributed by atoms with Crippen LogP contribution in [0.5, 0.6) is 0 Å². The number of rotatable bonds is 4. The molecule has 2 aromatic rings. The molecule has 3 rings (SSSR count). The van der Waals surface area contributed by atoms with Gasteiger partial charge in [-0.25, -0.2) is 15.0 Å². The lowest BCUT2D eigenvalue weighted by Crippen LogP contribution is -2.36. The van der Waals surface area contributed by atoms with E-state index in [1.807, 2.05) is 6.26 Å². The first kappa shape index (κ1) is 13.4. The van der Waals surface area contributed by atoms with Gasteiger partial charge in [-0.3, -0.25) is 0 Å². The second kappa shape index (κ2) is 5.43. The molecule has 0 spiro atoms. The number of aromatic nitrogens is 3. The molecule has 1 saturated heterocycles. The first-order valence-corrected chi connectivity index (χ1v) is 9.09. The fraction of sp³-hybridized carbons (Fsp3) is 0.545. The number of thioether (sulfide) groups is 2. The lowest BCUT2D eigenvalue weighted by molar-refractivity contribution is 0.0819. The van der Waals surface area contributed by atoms with E-state index in [1.165, 1.54) is 6.33 Å². The Bertz CT molecular complexity index is 582. The maximum atomic E-state index is 10.3. The molecular weight excluding hydrogens is 300 g/mol. The SMILES string of the molecule is CSc1nc2ncnc(NCC3(O)CCSC3)c2s1. The van der Waals surface area contributed by atoms with Gasteiger partial charge >= 0.3 is 0 Å². The van der Waals surface area contributed by atoms with Crippen LogP contribution in [0.3, 0.4) is 0 Å². The van der Waals surface area contributed by atoms with Crippen LogP contribution in [-0.2, 0) is 0 Å². The number of aliphatic hydroxyl groups is 1. The van der Waals surface area contributed by atoms with E-state index >= 15 is 0 Å². The Morgan fingerprint density at radius 3 is 3.16 bits per heavy atom. The van der Waals surface area contributed by atoms with Gasteiger partial charge in [0.25, 0.3) is 0 Å². The Kier molecular flexibility index (Phi) is 3.84. The van der Waals surface area contributed by atoms with Gasteiger partial charge in [0, 0.05) is 12.3 Å². The van der Waals surface area contributed by atoms with Crippen LogP contribution in [0.4, 0.5) is 5.82 Å². The maximum absolute atomic E-state index is 10.3. The second-order valence-corrected chi connectivity index (χ2v) is 7.60. The van der Waals surface area contributed by atoms with Crippen LogP contribution in [-0.4, -0.2) is 50.0 Å². The van der Waals surface area contributed by atoms with Crippen LogP contribution >= 0.6 is 34.9 Å². The van der Waals surface area contributed by atoms with Crippen LogP contribution in [0.2, 0.25) is 0 Å². The molecule has 0 aliphatic carbocycles. The number of anilines is 1. The van der Waals surface area contributed by atoms with E-state index in [-0.39, 0.29) is 0 Å². The van der Waals surface area contributed by atoms with Gasteiger partial charge in [-0.1, -0.05) is 11.8 Å². The summed E-state index contributed by atoms with van der Waals surface area (Å²) in [4.78, 5) is 12.9. The molecule has 2 aromatic heterocycles. The smallest absolute Gasteiger partial charge is 0.176 e. The average Bonchev–Trinajstić information content (AvgIpc) is 3.02. The van der Waals surface area contributed by atoms with Gasteiger partial charge in [0.15, 0.2) is 9.99 Å². The third-order valence-electron chi connectivity index (χ3n) is 3.01. The normalized spacial score (nSPS) is 23.1. The minimum absolute atomic E-state index is 0.526. The highest BCUT2D eigenvalue weighted by molar-refractivity contribution is 8.00. The molecule has 8 heteroatoms. The van der Waals surface area contributed by atoms with Crippen molar-refractivity contribution < 1.29 is 5.11 Å². The maximum Gasteiger partial charge on any atom is 0.176 e. The summed E-state index contributed by atoms with van der Waals surface area (Å²) in [6, 6.07) is 0. The number of fused-ring (bicyclic) bond motifs is 1. The zero-order chi connectivity index (χ0) is 13.3. The highest BCUT2D eigenvalue weighted by Crippen LogP contribution is 2.32. The van der Waals surface area contributed by atoms with E-state index in [0.717, 1.165) is 38.4 Å². The lowest BCUT2D eigenvalue weighted by atomic mass is 10.0. The summed E-state index contributed by atoms with van der Waals surface area (Å²) in [6.45, 7) is 0.526. The van der Waals surface area contributed by atoms with Gasteiger partial charge in [-0.15, -0.1) is 11.3 Å². The highest BCUT2D eigenvalue weighted by atomic mass is 32.2. The van der Waals surface area contributed by atoms with Crippen molar-refractivity contribution >= 4 is 51.0 Å². The average molecular weight is 314 g/mol. The van der Waals surface area contributed by atoms with Gasteiger partial charge in [-0.2, -0.15) is 11.8 Å². The van der Waals surface area contributed by atoms with Crippen molar-refractivity contribution in [2.24, 2.45) is 0 Å². The Labute approximate surface area is 123 Å². The van der Waals surface area contributed by atoms with E-state index in [2.05, 4.69) is 20.3 Å². The number of nitrogens with one attached hydrogen (secondary N) is 1. The summed E-state index contributed by atoms with van der Waals surface area (Å²) in [6.07, 6.45) is 4.34. The lowest BCUT2D eigenvalue weighted by Gasteiger charge is -2.21. The number of hydrogen-bond acceptors (Lipinski definition) is 8. The third-order valence-corrected chi connectivity index (χ3v) is 6.28.